The van der Waals surface area contributed by atoms with E-state index in [-0.39, 0.29) is 11.4 Å². The van der Waals surface area contributed by atoms with Crippen molar-refractivity contribution in [3.05, 3.63) is 105 Å². The molecule has 1 amide bonds. The Balaban J connectivity index is 1.31. The fourth-order valence-electron chi connectivity index (χ4n) is 4.90. The van der Waals surface area contributed by atoms with Crippen LogP contribution in [0, 0.1) is 26.2 Å². The zero-order valence-electron chi connectivity index (χ0n) is 22.2. The van der Waals surface area contributed by atoms with Gasteiger partial charge in [-0.1, -0.05) is 59.6 Å². The summed E-state index contributed by atoms with van der Waals surface area (Å²) in [7, 11) is 0. The Morgan fingerprint density at radius 2 is 1.82 bits per heavy atom. The fourth-order valence-corrected chi connectivity index (χ4v) is 6.02. The van der Waals surface area contributed by atoms with Gasteiger partial charge in [-0.3, -0.25) is 10.2 Å². The predicted octanol–water partition coefficient (Wildman–Crippen LogP) is 6.97. The van der Waals surface area contributed by atoms with Gasteiger partial charge >= 0.3 is 0 Å². The number of hydrazone groups is 1. The molecule has 0 unspecified atom stereocenters. The van der Waals surface area contributed by atoms with Gasteiger partial charge in [-0.25, -0.2) is 0 Å². The molecule has 0 saturated carbocycles. The molecule has 0 saturated heterocycles. The number of amidine groups is 2. The summed E-state index contributed by atoms with van der Waals surface area (Å²) in [6, 6.07) is 21.6. The molecule has 2 aliphatic rings. The van der Waals surface area contributed by atoms with Gasteiger partial charge in [0.1, 0.15) is 17.4 Å². The molecule has 6 rings (SSSR count). The number of halogens is 1. The first-order chi connectivity index (χ1) is 19.3. The Kier molecular flexibility index (Phi) is 6.82. The van der Waals surface area contributed by atoms with Crippen molar-refractivity contribution < 1.29 is 9.53 Å². The number of para-hydroxylation sites is 1. The molecule has 7 nitrogen and oxygen atoms in total. The van der Waals surface area contributed by atoms with Crippen LogP contribution in [0.1, 0.15) is 27.9 Å². The average molecular weight is 568 g/mol. The van der Waals surface area contributed by atoms with Gasteiger partial charge in [-0.15, -0.1) is 0 Å². The third kappa shape index (κ3) is 4.74. The second-order valence-electron chi connectivity index (χ2n) is 9.72. The van der Waals surface area contributed by atoms with E-state index in [9.17, 15) is 4.79 Å². The van der Waals surface area contributed by atoms with Crippen LogP contribution in [-0.2, 0) is 11.3 Å². The van der Waals surface area contributed by atoms with Crippen molar-refractivity contribution in [3.63, 3.8) is 0 Å². The zero-order valence-corrected chi connectivity index (χ0v) is 23.8. The first-order valence-corrected chi connectivity index (χ1v) is 14.0. The zero-order chi connectivity index (χ0) is 28.0. The van der Waals surface area contributed by atoms with Crippen LogP contribution in [0.15, 0.2) is 82.4 Å². The topological polar surface area (TPSA) is 83.0 Å². The standard InChI is InChI=1S/C31H26ClN5O2S/c1-18-8-10-21(11-9-18)30-35-37-28(33)25(29(38)34-31(37)40-30)17-24-20(3)36(26-7-5-4-6-23(24)26)14-15-39-27-13-12-22(32)16-19(27)2/h4-13,16-17,33H,14-15H2,1-3H3/b25-17-,33-28?. The van der Waals surface area contributed by atoms with Crippen LogP contribution in [-0.4, -0.2) is 38.1 Å². The van der Waals surface area contributed by atoms with Crippen LogP contribution < -0.4 is 4.74 Å². The molecule has 1 N–H and O–H groups in total. The number of aliphatic imine (C=N–C) groups is 1. The molecular weight excluding hydrogens is 542 g/mol. The number of carbonyl (C=O) groups is 1. The minimum Gasteiger partial charge on any atom is -0.491 e. The van der Waals surface area contributed by atoms with Crippen molar-refractivity contribution in [1.29, 1.82) is 5.41 Å². The van der Waals surface area contributed by atoms with Gasteiger partial charge in [0.25, 0.3) is 5.91 Å². The maximum atomic E-state index is 13.2. The molecule has 40 heavy (non-hydrogen) atoms. The number of hydrogen-bond acceptors (Lipinski definition) is 5. The van der Waals surface area contributed by atoms with Crippen LogP contribution >= 0.6 is 23.4 Å². The van der Waals surface area contributed by atoms with Crippen molar-refractivity contribution in [3.8, 4) is 5.75 Å². The first-order valence-electron chi connectivity index (χ1n) is 12.8. The number of nitrogens with zero attached hydrogens (tertiary/aromatic N) is 4. The second kappa shape index (κ2) is 10.4. The molecular formula is C31H26ClN5O2S. The number of hydrogen-bond donors (Lipinski definition) is 1. The number of amides is 1. The lowest BCUT2D eigenvalue weighted by Gasteiger charge is -2.20. The molecule has 0 spiro atoms. The third-order valence-corrected chi connectivity index (χ3v) is 8.22. The van der Waals surface area contributed by atoms with Crippen LogP contribution in [0.2, 0.25) is 5.02 Å². The number of fused-ring (bicyclic) bond motifs is 2. The van der Waals surface area contributed by atoms with E-state index in [0.717, 1.165) is 44.6 Å². The highest BCUT2D eigenvalue weighted by Crippen LogP contribution is 2.33. The number of nitrogens with one attached hydrogen (secondary N) is 1. The summed E-state index contributed by atoms with van der Waals surface area (Å²) < 4.78 is 8.25. The number of thioether (sulfide) groups is 1. The number of rotatable bonds is 6. The normalized spacial score (nSPS) is 16.0. The van der Waals surface area contributed by atoms with E-state index >= 15 is 0 Å². The first kappa shape index (κ1) is 26.1. The van der Waals surface area contributed by atoms with E-state index in [4.69, 9.17) is 21.7 Å². The highest BCUT2D eigenvalue weighted by atomic mass is 35.5. The summed E-state index contributed by atoms with van der Waals surface area (Å²) in [5, 5.41) is 17.7. The highest BCUT2D eigenvalue weighted by molar-refractivity contribution is 8.27. The predicted molar refractivity (Wildman–Crippen MR) is 164 cm³/mol. The van der Waals surface area contributed by atoms with Gasteiger partial charge in [0, 0.05) is 32.7 Å². The molecule has 2 aliphatic heterocycles. The summed E-state index contributed by atoms with van der Waals surface area (Å²) in [6.07, 6.45) is 1.77. The van der Waals surface area contributed by atoms with E-state index < -0.39 is 5.91 Å². The van der Waals surface area contributed by atoms with Crippen molar-refractivity contribution in [2.24, 2.45) is 10.1 Å². The van der Waals surface area contributed by atoms with E-state index in [0.29, 0.717) is 28.4 Å². The average Bonchev–Trinajstić information content (AvgIpc) is 3.47. The maximum Gasteiger partial charge on any atom is 0.283 e. The smallest absolute Gasteiger partial charge is 0.283 e. The number of carbonyl (C=O) groups excluding carboxylic acids is 1. The SMILES string of the molecule is Cc1ccc(C2=NN3C(=N)/C(=C/c4c(C)n(CCOc5ccc(Cl)cc5C)c5ccccc45)C(=O)N=C3S2)cc1. The van der Waals surface area contributed by atoms with Crippen LogP contribution in [0.25, 0.3) is 17.0 Å². The summed E-state index contributed by atoms with van der Waals surface area (Å²) >= 11 is 7.38. The van der Waals surface area contributed by atoms with Crippen LogP contribution in [0.3, 0.4) is 0 Å². The summed E-state index contributed by atoms with van der Waals surface area (Å²) in [4.78, 5) is 17.4. The minimum atomic E-state index is -0.443. The van der Waals surface area contributed by atoms with E-state index in [1.807, 2.05) is 81.4 Å². The summed E-state index contributed by atoms with van der Waals surface area (Å²) in [6.45, 7) is 7.09. The lowest BCUT2D eigenvalue weighted by molar-refractivity contribution is -0.114. The van der Waals surface area contributed by atoms with E-state index in [1.54, 1.807) is 6.08 Å². The third-order valence-electron chi connectivity index (χ3n) is 7.03. The second-order valence-corrected chi connectivity index (χ2v) is 11.1. The quantitative estimate of drug-likeness (QED) is 0.255. The number of aromatic nitrogens is 1. The monoisotopic (exact) mass is 567 g/mol. The van der Waals surface area contributed by atoms with Crippen molar-refractivity contribution in [2.45, 2.75) is 27.3 Å². The molecule has 3 heterocycles. The Labute approximate surface area is 241 Å². The van der Waals surface area contributed by atoms with Crippen LogP contribution in [0.4, 0.5) is 0 Å². The summed E-state index contributed by atoms with van der Waals surface area (Å²) in [5.74, 6) is 0.370. The molecule has 0 bridgehead atoms. The Morgan fingerprint density at radius 3 is 2.60 bits per heavy atom. The number of aryl methyl sites for hydroxylation is 2. The Bertz CT molecular complexity index is 1790. The van der Waals surface area contributed by atoms with Gasteiger partial charge < -0.3 is 9.30 Å². The molecule has 0 radical (unpaired) electrons. The van der Waals surface area contributed by atoms with Gasteiger partial charge in [0.05, 0.1) is 12.1 Å². The molecule has 0 atom stereocenters. The maximum absolute atomic E-state index is 13.2. The van der Waals surface area contributed by atoms with E-state index in [2.05, 4.69) is 20.7 Å². The van der Waals surface area contributed by atoms with Gasteiger partial charge in [-0.2, -0.15) is 15.1 Å². The van der Waals surface area contributed by atoms with Crippen molar-refractivity contribution in [2.75, 3.05) is 6.61 Å². The number of benzene rings is 3. The minimum absolute atomic E-state index is 0.0161. The lowest BCUT2D eigenvalue weighted by Crippen LogP contribution is -2.35. The summed E-state index contributed by atoms with van der Waals surface area (Å²) in [5.41, 5.74) is 6.13. The highest BCUT2D eigenvalue weighted by Gasteiger charge is 2.36. The van der Waals surface area contributed by atoms with Gasteiger partial charge in [0.2, 0.25) is 5.17 Å². The van der Waals surface area contributed by atoms with Gasteiger partial charge in [0.15, 0.2) is 5.84 Å². The Morgan fingerprint density at radius 1 is 1.05 bits per heavy atom. The van der Waals surface area contributed by atoms with Crippen molar-refractivity contribution in [1.82, 2.24) is 9.58 Å². The number of ether oxygens (including phenoxy) is 1. The molecule has 4 aromatic rings. The molecule has 1 aromatic heterocycles. The van der Waals surface area contributed by atoms with E-state index in [1.165, 1.54) is 16.8 Å². The van der Waals surface area contributed by atoms with Crippen LogP contribution in [0.5, 0.6) is 5.75 Å². The molecule has 0 fully saturated rings. The molecule has 9 heteroatoms. The molecule has 0 aliphatic carbocycles. The molecule has 200 valence electrons. The Hall–Kier alpha value is -4.14. The van der Waals surface area contributed by atoms with Crippen molar-refractivity contribution >= 4 is 62.3 Å². The lowest BCUT2D eigenvalue weighted by atomic mass is 10.1. The van der Waals surface area contributed by atoms with Gasteiger partial charge in [-0.05, 0) is 68.4 Å². The largest absolute Gasteiger partial charge is 0.491 e. The molecule has 3 aromatic carbocycles. The fraction of sp³-hybridized carbons (Fsp3) is 0.161.